The summed E-state index contributed by atoms with van der Waals surface area (Å²) < 4.78 is 130. The van der Waals surface area contributed by atoms with E-state index in [4.69, 9.17) is 84.6 Å². The third-order valence-electron chi connectivity index (χ3n) is 12.0. The molecule has 2 atom stereocenters. The molecule has 2 saturated heterocycles. The van der Waals surface area contributed by atoms with Gasteiger partial charge < -0.3 is 58.0 Å². The molecule has 4 heterocycles. The fourth-order valence-electron chi connectivity index (χ4n) is 7.84. The summed E-state index contributed by atoms with van der Waals surface area (Å²) in [6.07, 6.45) is 16.8. The van der Waals surface area contributed by atoms with E-state index in [-0.39, 0.29) is 12.2 Å². The molecule has 2 aromatic heterocycles. The Balaban J connectivity index is 0.00000113. The number of nitrogens with one attached hydrogen (secondary N) is 2. The number of aromatic nitrogens is 2. The second-order valence-corrected chi connectivity index (χ2v) is 19.7. The summed E-state index contributed by atoms with van der Waals surface area (Å²) in [5.74, 6) is 0. The average Bonchev–Trinajstić information content (AvgIpc) is 3.46. The third kappa shape index (κ3) is 33.5. The first-order chi connectivity index (χ1) is 39.7. The van der Waals surface area contributed by atoms with Crippen LogP contribution in [0.5, 0.6) is 0 Å². The van der Waals surface area contributed by atoms with E-state index in [9.17, 15) is 0 Å². The van der Waals surface area contributed by atoms with Gasteiger partial charge in [0.05, 0.1) is 119 Å². The Labute approximate surface area is 484 Å². The summed E-state index contributed by atoms with van der Waals surface area (Å²) in [7, 11) is -9.89. The minimum Gasteiger partial charge on any atom is -0.378 e. The van der Waals surface area contributed by atoms with Crippen molar-refractivity contribution in [3.05, 3.63) is 166 Å². The molecule has 5 aromatic rings. The molecule has 0 spiro atoms. The molecule has 2 unspecified atom stereocenters. The maximum Gasteiger partial charge on any atom is 0.173 e. The molecule has 2 aliphatic rings. The molecule has 450 valence electrons. The van der Waals surface area contributed by atoms with Gasteiger partial charge in [-0.05, 0) is 33.4 Å². The molecular formula is C58H76Cl2N4O18. The van der Waals surface area contributed by atoms with E-state index in [2.05, 4.69) is 166 Å². The molecule has 2 fully saturated rings. The SMILES string of the molecule is C(=C\c1cc[n+](Cc2ccc(C[n+]3ccc(/C=C/c4ccc(C5COCCOCCOCCOCCNCCO5)cc4)cc3)cc2)cc1)/c1ccc(C2COCCOCCOCCOCCNCCO2)cc1.[O-][Cl+3]([O-])([O-])[O-].[O-][Cl+3]([O-])([O-])[O-]. The molecule has 0 bridgehead atoms. The average molecular weight is 1190 g/mol. The van der Waals surface area contributed by atoms with Gasteiger partial charge >= 0.3 is 0 Å². The molecule has 2 aliphatic heterocycles. The molecule has 0 amide bonds. The van der Waals surface area contributed by atoms with Gasteiger partial charge in [-0.25, -0.2) is 46.4 Å². The van der Waals surface area contributed by atoms with Crippen LogP contribution in [-0.4, -0.2) is 145 Å². The molecule has 82 heavy (non-hydrogen) atoms. The van der Waals surface area contributed by atoms with E-state index in [0.717, 1.165) is 72.6 Å². The van der Waals surface area contributed by atoms with Crippen molar-refractivity contribution in [2.45, 2.75) is 25.3 Å². The zero-order chi connectivity index (χ0) is 58.4. The lowest BCUT2D eigenvalue weighted by Gasteiger charge is -2.19. The number of nitrogens with zero attached hydrogens (tertiary/aromatic N) is 2. The minimum atomic E-state index is -4.94. The van der Waals surface area contributed by atoms with Crippen LogP contribution in [0.1, 0.15) is 56.7 Å². The number of benzene rings is 3. The highest BCUT2D eigenvalue weighted by Gasteiger charge is 2.15. The molecule has 7 rings (SSSR count). The highest BCUT2D eigenvalue weighted by atomic mass is 35.7. The first-order valence-electron chi connectivity index (χ1n) is 26.9. The Morgan fingerprint density at radius 2 is 0.598 bits per heavy atom. The van der Waals surface area contributed by atoms with Crippen LogP contribution in [0.25, 0.3) is 24.3 Å². The predicted octanol–water partition coefficient (Wildman–Crippen LogP) is -3.36. The van der Waals surface area contributed by atoms with Crippen molar-refractivity contribution in [1.82, 2.24) is 10.6 Å². The second kappa shape index (κ2) is 40.5. The Kier molecular flexibility index (Phi) is 33.6. The van der Waals surface area contributed by atoms with Crippen LogP contribution in [0.2, 0.25) is 0 Å². The molecule has 3 aromatic carbocycles. The van der Waals surface area contributed by atoms with Crippen LogP contribution in [0, 0.1) is 20.5 Å². The van der Waals surface area contributed by atoms with Crippen LogP contribution < -0.4 is 57.0 Å². The Hall–Kier alpha value is -4.78. The Morgan fingerprint density at radius 3 is 0.902 bits per heavy atom. The highest BCUT2D eigenvalue weighted by Crippen LogP contribution is 2.21. The molecule has 22 nitrogen and oxygen atoms in total. The summed E-state index contributed by atoms with van der Waals surface area (Å²) in [5.41, 5.74) is 9.18. The summed E-state index contributed by atoms with van der Waals surface area (Å²) >= 11 is 0. The van der Waals surface area contributed by atoms with Gasteiger partial charge in [-0.1, -0.05) is 97.1 Å². The lowest BCUT2D eigenvalue weighted by Crippen LogP contribution is -2.68. The zero-order valence-electron chi connectivity index (χ0n) is 46.0. The van der Waals surface area contributed by atoms with Crippen LogP contribution in [-0.2, 0) is 60.5 Å². The van der Waals surface area contributed by atoms with Gasteiger partial charge in [0.15, 0.2) is 37.9 Å². The Morgan fingerprint density at radius 1 is 0.341 bits per heavy atom. The normalized spacial score (nSPS) is 19.3. The van der Waals surface area contributed by atoms with Crippen LogP contribution in [0.15, 0.2) is 122 Å². The summed E-state index contributed by atoms with van der Waals surface area (Å²) in [5, 5.41) is 6.75. The van der Waals surface area contributed by atoms with E-state index in [1.165, 1.54) is 11.1 Å². The summed E-state index contributed by atoms with van der Waals surface area (Å²) in [6, 6.07) is 34.5. The monoisotopic (exact) mass is 1190 g/mol. The smallest absolute Gasteiger partial charge is 0.173 e. The molecule has 0 radical (unpaired) electrons. The van der Waals surface area contributed by atoms with Crippen molar-refractivity contribution in [3.8, 4) is 0 Å². The number of rotatable bonds is 10. The van der Waals surface area contributed by atoms with Crippen molar-refractivity contribution >= 4 is 24.3 Å². The van der Waals surface area contributed by atoms with Crippen LogP contribution >= 0.6 is 0 Å². The summed E-state index contributed by atoms with van der Waals surface area (Å²) in [6.45, 7) is 14.4. The number of hydrogen-bond donors (Lipinski definition) is 2. The van der Waals surface area contributed by atoms with Gasteiger partial charge in [-0.2, -0.15) is 0 Å². The molecular weight excluding hydrogens is 1110 g/mol. The van der Waals surface area contributed by atoms with Gasteiger partial charge in [0.1, 0.15) is 12.2 Å². The van der Waals surface area contributed by atoms with Crippen molar-refractivity contribution in [2.75, 3.05) is 145 Å². The van der Waals surface area contributed by atoms with E-state index < -0.39 is 20.5 Å². The topological polar surface area (TPSA) is 309 Å². The van der Waals surface area contributed by atoms with Crippen LogP contribution in [0.4, 0.5) is 0 Å². The first-order valence-corrected chi connectivity index (χ1v) is 29.3. The lowest BCUT2D eigenvalue weighted by molar-refractivity contribution is -2.00. The lowest BCUT2D eigenvalue weighted by atomic mass is 10.1. The zero-order valence-corrected chi connectivity index (χ0v) is 47.5. The molecule has 2 N–H and O–H groups in total. The Bertz CT molecular complexity index is 2250. The van der Waals surface area contributed by atoms with Crippen LogP contribution in [0.3, 0.4) is 0 Å². The molecule has 24 heteroatoms. The first kappa shape index (κ1) is 68.0. The second-order valence-electron chi connectivity index (χ2n) is 18.2. The van der Waals surface area contributed by atoms with E-state index >= 15 is 0 Å². The van der Waals surface area contributed by atoms with Gasteiger partial charge in [0.2, 0.25) is 0 Å². The maximum absolute atomic E-state index is 8.49. The number of ether oxygens (including phenoxy) is 10. The van der Waals surface area contributed by atoms with E-state index in [1.54, 1.807) is 0 Å². The minimum absolute atomic E-state index is 0.171. The highest BCUT2D eigenvalue weighted by molar-refractivity contribution is 5.70. The van der Waals surface area contributed by atoms with E-state index in [1.807, 2.05) is 0 Å². The summed E-state index contributed by atoms with van der Waals surface area (Å²) in [4.78, 5) is 0. The van der Waals surface area contributed by atoms with Gasteiger partial charge in [0, 0.05) is 61.6 Å². The maximum atomic E-state index is 8.49. The quantitative estimate of drug-likeness (QED) is 0.129. The van der Waals surface area contributed by atoms with Gasteiger partial charge in [0.25, 0.3) is 0 Å². The van der Waals surface area contributed by atoms with Crippen molar-refractivity contribution in [1.29, 1.82) is 0 Å². The standard InChI is InChI=1S/C58H76N4O10.2ClHO4/c1(49-9-13-55(14-10-49)57-47-69-43-41-67-39-37-65-35-33-63-29-21-59-23-31-71-57)3-51-17-25-61(26-18-51)45-53-5-7-54(8-6-53)46-62-27-19-52(20-28-62)4-2-50-11-15-56(16-12-50)58-48-70-44-42-68-40-38-66-36-34-64-30-22-60-24-32-72-58;2*2-1(3,4)5/h1-20,25-28,57-60H,21-24,29-48H2;2*(H,2,3,4,5)/q+2;;/p-2/b3-1+,4-2+;;. The van der Waals surface area contributed by atoms with Crippen molar-refractivity contribution in [2.24, 2.45) is 0 Å². The number of halogens is 2. The van der Waals surface area contributed by atoms with Gasteiger partial charge in [-0.15, -0.1) is 20.5 Å². The molecule has 0 saturated carbocycles. The van der Waals surface area contributed by atoms with Gasteiger partial charge in [-0.3, -0.25) is 0 Å². The predicted molar refractivity (Wildman–Crippen MR) is 278 cm³/mol. The van der Waals surface area contributed by atoms with Crippen molar-refractivity contribution < 1.29 is 114 Å². The number of hydrogen-bond acceptors (Lipinski definition) is 20. The fourth-order valence-corrected chi connectivity index (χ4v) is 7.84. The molecule has 0 aliphatic carbocycles. The third-order valence-corrected chi connectivity index (χ3v) is 12.0. The largest absolute Gasteiger partial charge is 0.378 e. The fraction of sp³-hybridized carbons (Fsp3) is 0.448. The van der Waals surface area contributed by atoms with E-state index in [0.29, 0.717) is 119 Å². The number of pyridine rings is 2. The van der Waals surface area contributed by atoms with Crippen molar-refractivity contribution in [3.63, 3.8) is 0 Å².